The van der Waals surface area contributed by atoms with Gasteiger partial charge in [-0.15, -0.1) is 0 Å². The molecule has 0 aliphatic heterocycles. The molecule has 3 heteroatoms. The van der Waals surface area contributed by atoms with Crippen molar-refractivity contribution in [3.8, 4) is 0 Å². The number of rotatable bonds is 7. The van der Waals surface area contributed by atoms with Gasteiger partial charge in [0.05, 0.1) is 13.2 Å². The topological polar surface area (TPSA) is 43.7 Å². The molecule has 0 spiro atoms. The molecule has 1 aromatic rings. The third-order valence-corrected chi connectivity index (χ3v) is 2.67. The highest BCUT2D eigenvalue weighted by molar-refractivity contribution is 5.21. The Labute approximate surface area is 97.3 Å². The zero-order valence-electron chi connectivity index (χ0n) is 9.89. The summed E-state index contributed by atoms with van der Waals surface area (Å²) in [7, 11) is 0. The van der Waals surface area contributed by atoms with Gasteiger partial charge in [-0.3, -0.25) is 4.90 Å². The molecule has 0 unspecified atom stereocenters. The first-order valence-electron chi connectivity index (χ1n) is 5.76. The van der Waals surface area contributed by atoms with Crippen molar-refractivity contribution in [3.63, 3.8) is 0 Å². The second-order valence-corrected chi connectivity index (χ2v) is 4.02. The van der Waals surface area contributed by atoms with Crippen molar-refractivity contribution in [1.82, 2.24) is 4.90 Å². The molecule has 0 heterocycles. The van der Waals surface area contributed by atoms with Crippen LogP contribution in [0.1, 0.15) is 11.1 Å². The van der Waals surface area contributed by atoms with Crippen molar-refractivity contribution in [2.45, 2.75) is 13.3 Å². The Hall–Kier alpha value is -0.900. The first-order chi connectivity index (χ1) is 7.76. The van der Waals surface area contributed by atoms with E-state index < -0.39 is 0 Å². The van der Waals surface area contributed by atoms with Gasteiger partial charge in [-0.2, -0.15) is 0 Å². The average Bonchev–Trinajstić information content (AvgIpc) is 2.29. The maximum absolute atomic E-state index is 8.87. The molecule has 0 atom stereocenters. The Balaban J connectivity index is 2.38. The van der Waals surface area contributed by atoms with E-state index in [0.29, 0.717) is 13.1 Å². The summed E-state index contributed by atoms with van der Waals surface area (Å²) in [6.45, 7) is 4.51. The number of aliphatic hydroxyl groups excluding tert-OH is 2. The van der Waals surface area contributed by atoms with Crippen LogP contribution in [0, 0.1) is 6.92 Å². The predicted molar refractivity (Wildman–Crippen MR) is 65.5 cm³/mol. The van der Waals surface area contributed by atoms with E-state index in [-0.39, 0.29) is 13.2 Å². The molecule has 0 fully saturated rings. The van der Waals surface area contributed by atoms with E-state index in [0.717, 1.165) is 13.0 Å². The third-order valence-electron chi connectivity index (χ3n) is 2.67. The summed E-state index contributed by atoms with van der Waals surface area (Å²) >= 11 is 0. The lowest BCUT2D eigenvalue weighted by atomic mass is 10.1. The van der Waals surface area contributed by atoms with E-state index in [4.69, 9.17) is 10.2 Å². The largest absolute Gasteiger partial charge is 0.395 e. The molecule has 0 saturated heterocycles. The van der Waals surface area contributed by atoms with Crippen LogP contribution in [-0.4, -0.2) is 48.0 Å². The molecule has 16 heavy (non-hydrogen) atoms. The molecule has 90 valence electrons. The maximum Gasteiger partial charge on any atom is 0.0558 e. The molecule has 0 amide bonds. The minimum Gasteiger partial charge on any atom is -0.395 e. The summed E-state index contributed by atoms with van der Waals surface area (Å²) in [6, 6.07) is 8.48. The Morgan fingerprint density at radius 1 is 0.938 bits per heavy atom. The summed E-state index contributed by atoms with van der Waals surface area (Å²) in [4.78, 5) is 2.07. The van der Waals surface area contributed by atoms with Crippen LogP contribution < -0.4 is 0 Å². The van der Waals surface area contributed by atoms with Crippen molar-refractivity contribution < 1.29 is 10.2 Å². The smallest absolute Gasteiger partial charge is 0.0558 e. The van der Waals surface area contributed by atoms with E-state index >= 15 is 0 Å². The highest BCUT2D eigenvalue weighted by Crippen LogP contribution is 2.04. The van der Waals surface area contributed by atoms with Crippen molar-refractivity contribution in [2.24, 2.45) is 0 Å². The Morgan fingerprint density at radius 2 is 1.50 bits per heavy atom. The van der Waals surface area contributed by atoms with E-state index in [2.05, 4.69) is 36.1 Å². The standard InChI is InChI=1S/C13H21NO2/c1-12-2-4-13(5-3-12)6-7-14(8-10-15)9-11-16/h2-5,15-16H,6-11H2,1H3. The Bertz CT molecular complexity index is 278. The van der Waals surface area contributed by atoms with E-state index in [9.17, 15) is 0 Å². The number of nitrogens with zero attached hydrogens (tertiary/aromatic N) is 1. The first kappa shape index (κ1) is 13.2. The zero-order chi connectivity index (χ0) is 11.8. The van der Waals surface area contributed by atoms with Gasteiger partial charge in [-0.05, 0) is 18.9 Å². The number of benzene rings is 1. The fraction of sp³-hybridized carbons (Fsp3) is 0.538. The maximum atomic E-state index is 8.87. The lowest BCUT2D eigenvalue weighted by Crippen LogP contribution is -2.31. The second kappa shape index (κ2) is 7.39. The van der Waals surface area contributed by atoms with Crippen molar-refractivity contribution >= 4 is 0 Å². The van der Waals surface area contributed by atoms with Gasteiger partial charge in [0.2, 0.25) is 0 Å². The quantitative estimate of drug-likeness (QED) is 0.719. The second-order valence-electron chi connectivity index (χ2n) is 4.02. The van der Waals surface area contributed by atoms with Crippen molar-refractivity contribution in [1.29, 1.82) is 0 Å². The molecule has 0 aliphatic carbocycles. The van der Waals surface area contributed by atoms with Gasteiger partial charge >= 0.3 is 0 Å². The number of aryl methyl sites for hydroxylation is 1. The monoisotopic (exact) mass is 223 g/mol. The Morgan fingerprint density at radius 3 is 2.00 bits per heavy atom. The van der Waals surface area contributed by atoms with E-state index in [1.807, 2.05) is 0 Å². The molecular formula is C13H21NO2. The average molecular weight is 223 g/mol. The van der Waals surface area contributed by atoms with Crippen LogP contribution in [-0.2, 0) is 6.42 Å². The summed E-state index contributed by atoms with van der Waals surface area (Å²) < 4.78 is 0. The van der Waals surface area contributed by atoms with Gasteiger partial charge in [-0.1, -0.05) is 29.8 Å². The van der Waals surface area contributed by atoms with Crippen LogP contribution in [0.25, 0.3) is 0 Å². The number of hydrogen-bond donors (Lipinski definition) is 2. The summed E-state index contributed by atoms with van der Waals surface area (Å²) in [5, 5.41) is 17.7. The van der Waals surface area contributed by atoms with Crippen LogP contribution in [0.5, 0.6) is 0 Å². The minimum atomic E-state index is 0.147. The molecule has 2 N–H and O–H groups in total. The zero-order valence-corrected chi connectivity index (χ0v) is 9.89. The number of hydrogen-bond acceptors (Lipinski definition) is 3. The fourth-order valence-electron chi connectivity index (χ4n) is 1.66. The van der Waals surface area contributed by atoms with Crippen LogP contribution in [0.4, 0.5) is 0 Å². The van der Waals surface area contributed by atoms with Crippen molar-refractivity contribution in [2.75, 3.05) is 32.8 Å². The van der Waals surface area contributed by atoms with Gasteiger partial charge in [0.15, 0.2) is 0 Å². The van der Waals surface area contributed by atoms with E-state index in [1.165, 1.54) is 11.1 Å². The van der Waals surface area contributed by atoms with Crippen LogP contribution in [0.3, 0.4) is 0 Å². The molecule has 1 aromatic carbocycles. The predicted octanol–water partition coefficient (Wildman–Crippen LogP) is 0.824. The van der Waals surface area contributed by atoms with Crippen LogP contribution in [0.2, 0.25) is 0 Å². The molecule has 0 aromatic heterocycles. The fourth-order valence-corrected chi connectivity index (χ4v) is 1.66. The molecular weight excluding hydrogens is 202 g/mol. The Kier molecular flexibility index (Phi) is 6.08. The summed E-state index contributed by atoms with van der Waals surface area (Å²) in [5.41, 5.74) is 2.57. The van der Waals surface area contributed by atoms with Gasteiger partial charge in [0, 0.05) is 19.6 Å². The van der Waals surface area contributed by atoms with Gasteiger partial charge in [0.25, 0.3) is 0 Å². The van der Waals surface area contributed by atoms with Gasteiger partial charge < -0.3 is 10.2 Å². The van der Waals surface area contributed by atoms with Crippen molar-refractivity contribution in [3.05, 3.63) is 35.4 Å². The molecule has 3 nitrogen and oxygen atoms in total. The first-order valence-corrected chi connectivity index (χ1v) is 5.76. The SMILES string of the molecule is Cc1ccc(CCN(CCO)CCO)cc1. The lowest BCUT2D eigenvalue weighted by molar-refractivity contribution is 0.162. The lowest BCUT2D eigenvalue weighted by Gasteiger charge is -2.19. The van der Waals surface area contributed by atoms with E-state index in [1.54, 1.807) is 0 Å². The van der Waals surface area contributed by atoms with Gasteiger partial charge in [-0.25, -0.2) is 0 Å². The molecule has 0 saturated carbocycles. The summed E-state index contributed by atoms with van der Waals surface area (Å²) in [5.74, 6) is 0. The molecule has 1 rings (SSSR count). The van der Waals surface area contributed by atoms with Crippen LogP contribution >= 0.6 is 0 Å². The normalized spacial score (nSPS) is 11.0. The van der Waals surface area contributed by atoms with Gasteiger partial charge in [0.1, 0.15) is 0 Å². The van der Waals surface area contributed by atoms with Crippen LogP contribution in [0.15, 0.2) is 24.3 Å². The minimum absolute atomic E-state index is 0.147. The third kappa shape index (κ3) is 4.75. The molecule has 0 aliphatic rings. The number of aliphatic hydroxyl groups is 2. The molecule has 0 radical (unpaired) electrons. The highest BCUT2D eigenvalue weighted by Gasteiger charge is 2.03. The summed E-state index contributed by atoms with van der Waals surface area (Å²) in [6.07, 6.45) is 0.959. The molecule has 0 bridgehead atoms. The highest BCUT2D eigenvalue weighted by atomic mass is 16.3.